The number of hydrogen-bond donors (Lipinski definition) is 2. The molecule has 0 radical (unpaired) electrons. The van der Waals surface area contributed by atoms with Crippen LogP contribution in [0.3, 0.4) is 0 Å². The average molecular weight is 587 g/mol. The summed E-state index contributed by atoms with van der Waals surface area (Å²) in [5.41, 5.74) is 1.17. The largest absolute Gasteiger partial charge is 0.489 e. The van der Waals surface area contributed by atoms with Crippen molar-refractivity contribution in [2.75, 3.05) is 32.8 Å². The lowest BCUT2D eigenvalue weighted by molar-refractivity contribution is -0.148. The molecule has 0 aliphatic carbocycles. The summed E-state index contributed by atoms with van der Waals surface area (Å²) in [5, 5.41) is 16.1. The van der Waals surface area contributed by atoms with E-state index in [1.54, 1.807) is 18.2 Å². The van der Waals surface area contributed by atoms with Gasteiger partial charge in [0.05, 0.1) is 24.3 Å². The molecule has 6 nitrogen and oxygen atoms in total. The van der Waals surface area contributed by atoms with Crippen molar-refractivity contribution < 1.29 is 28.2 Å². The molecule has 0 unspecified atom stereocenters. The fourth-order valence-electron chi connectivity index (χ4n) is 5.55. The molecule has 0 spiro atoms. The summed E-state index contributed by atoms with van der Waals surface area (Å²) in [6.45, 7) is 3.09. The van der Waals surface area contributed by atoms with E-state index in [2.05, 4.69) is 10.2 Å². The number of likely N-dealkylation sites (tertiary alicyclic amines) is 1. The highest BCUT2D eigenvalue weighted by molar-refractivity contribution is 6.32. The van der Waals surface area contributed by atoms with E-state index in [9.17, 15) is 9.90 Å². The highest BCUT2D eigenvalue weighted by Crippen LogP contribution is 2.32. The zero-order chi connectivity index (χ0) is 28.8. The van der Waals surface area contributed by atoms with Crippen molar-refractivity contribution in [1.29, 1.82) is 0 Å². The molecule has 2 aliphatic rings. The van der Waals surface area contributed by atoms with Crippen LogP contribution in [0.25, 0.3) is 10.8 Å². The van der Waals surface area contributed by atoms with Crippen LogP contribution in [-0.2, 0) is 16.0 Å². The van der Waals surface area contributed by atoms with Crippen LogP contribution >= 0.6 is 11.6 Å². The molecule has 220 valence electrons. The maximum Gasteiger partial charge on any atom is 0.324 e. The van der Waals surface area contributed by atoms with Crippen LogP contribution in [0.4, 0.5) is 8.78 Å². The van der Waals surface area contributed by atoms with Crippen molar-refractivity contribution in [3.05, 3.63) is 76.8 Å². The number of hydrogen-bond acceptors (Lipinski definition) is 5. The average Bonchev–Trinajstić information content (AvgIpc) is 3.50. The number of nitrogens with zero attached hydrogens (tertiary/aromatic N) is 1. The van der Waals surface area contributed by atoms with Crippen molar-refractivity contribution in [3.8, 4) is 5.75 Å². The zero-order valence-electron chi connectivity index (χ0n) is 23.0. The van der Waals surface area contributed by atoms with Gasteiger partial charge in [0, 0.05) is 25.8 Å². The van der Waals surface area contributed by atoms with Gasteiger partial charge in [-0.25, -0.2) is 0 Å². The Morgan fingerprint density at radius 1 is 1.07 bits per heavy atom. The SMILES string of the molecule is O=C(N[C@H](CN1CCCC1)[C@@H](O)c1ccc(OC2CCOCC2)c(Cl)c1)C(F)(F)CCc1ccc2ccccc2c1. The predicted octanol–water partition coefficient (Wildman–Crippen LogP) is 5.93. The Morgan fingerprint density at radius 2 is 1.80 bits per heavy atom. The molecule has 5 rings (SSSR count). The molecule has 0 bridgehead atoms. The Labute approximate surface area is 244 Å². The minimum atomic E-state index is -3.60. The molecular formula is C32H37ClF2N2O4. The monoisotopic (exact) mass is 586 g/mol. The smallest absolute Gasteiger partial charge is 0.324 e. The number of carbonyl (C=O) groups is 1. The van der Waals surface area contributed by atoms with Crippen LogP contribution in [0.15, 0.2) is 60.7 Å². The number of fused-ring (bicyclic) bond motifs is 1. The minimum absolute atomic E-state index is 0.00364. The van der Waals surface area contributed by atoms with Crippen LogP contribution in [0, 0.1) is 0 Å². The molecule has 2 atom stereocenters. The zero-order valence-corrected chi connectivity index (χ0v) is 23.8. The Hall–Kier alpha value is -2.78. The standard InChI is InChI=1S/C32H37ClF2N2O4/c33-27-20-25(9-10-29(27)41-26-12-17-40-18-13-26)30(38)28(21-37-15-3-4-16-37)36-31(39)32(34,35)14-11-22-7-8-23-5-1-2-6-24(23)19-22/h1-2,5-10,19-20,26,28,30,38H,3-4,11-18,21H2,(H,36,39)/t28-,30+/m1/s1. The fourth-order valence-corrected chi connectivity index (χ4v) is 5.79. The van der Waals surface area contributed by atoms with Gasteiger partial charge in [0.25, 0.3) is 5.91 Å². The molecule has 2 saturated heterocycles. The van der Waals surface area contributed by atoms with E-state index in [0.717, 1.165) is 55.1 Å². The van der Waals surface area contributed by atoms with Gasteiger partial charge in [-0.3, -0.25) is 4.79 Å². The summed E-state index contributed by atoms with van der Waals surface area (Å²) in [5.74, 6) is -4.49. The van der Waals surface area contributed by atoms with Gasteiger partial charge in [0.2, 0.25) is 0 Å². The number of aryl methyl sites for hydroxylation is 1. The van der Waals surface area contributed by atoms with E-state index < -0.39 is 30.4 Å². The second-order valence-corrected chi connectivity index (χ2v) is 11.4. The molecule has 41 heavy (non-hydrogen) atoms. The Kier molecular flexibility index (Phi) is 9.75. The molecule has 3 aromatic rings. The summed E-state index contributed by atoms with van der Waals surface area (Å²) >= 11 is 6.50. The number of carbonyl (C=O) groups excluding carboxylic acids is 1. The number of rotatable bonds is 11. The first-order valence-electron chi connectivity index (χ1n) is 14.4. The number of aliphatic hydroxyl groups excluding tert-OH is 1. The van der Waals surface area contributed by atoms with E-state index in [1.165, 1.54) is 0 Å². The first-order valence-corrected chi connectivity index (χ1v) is 14.8. The van der Waals surface area contributed by atoms with Gasteiger partial charge < -0.3 is 24.8 Å². The minimum Gasteiger partial charge on any atom is -0.489 e. The fraction of sp³-hybridized carbons (Fsp3) is 0.469. The number of amides is 1. The van der Waals surface area contributed by atoms with E-state index in [0.29, 0.717) is 29.5 Å². The lowest BCUT2D eigenvalue weighted by atomic mass is 9.99. The molecular weight excluding hydrogens is 550 g/mol. The molecule has 1 amide bonds. The molecule has 2 fully saturated rings. The number of nitrogens with one attached hydrogen (secondary N) is 1. The lowest BCUT2D eigenvalue weighted by Crippen LogP contribution is -2.51. The Balaban J connectivity index is 1.26. The van der Waals surface area contributed by atoms with Crippen LogP contribution < -0.4 is 10.1 Å². The molecule has 0 aromatic heterocycles. The quantitative estimate of drug-likeness (QED) is 0.291. The summed E-state index contributed by atoms with van der Waals surface area (Å²) in [6.07, 6.45) is 1.69. The van der Waals surface area contributed by atoms with E-state index in [4.69, 9.17) is 21.1 Å². The molecule has 3 aromatic carbocycles. The molecule has 2 N–H and O–H groups in total. The topological polar surface area (TPSA) is 71.0 Å². The second kappa shape index (κ2) is 13.5. The summed E-state index contributed by atoms with van der Waals surface area (Å²) in [6, 6.07) is 17.3. The number of benzene rings is 3. The van der Waals surface area contributed by atoms with Crippen LogP contribution in [-0.4, -0.2) is 66.8 Å². The van der Waals surface area contributed by atoms with E-state index in [1.807, 2.05) is 42.5 Å². The number of ether oxygens (including phenoxy) is 2. The number of alkyl halides is 2. The van der Waals surface area contributed by atoms with Gasteiger partial charge in [0.1, 0.15) is 18.0 Å². The van der Waals surface area contributed by atoms with Crippen LogP contribution in [0.1, 0.15) is 49.3 Å². The third-order valence-electron chi connectivity index (χ3n) is 7.98. The maximum atomic E-state index is 15.1. The highest BCUT2D eigenvalue weighted by Gasteiger charge is 2.40. The van der Waals surface area contributed by atoms with Gasteiger partial charge in [-0.05, 0) is 66.4 Å². The molecule has 2 heterocycles. The van der Waals surface area contributed by atoms with E-state index in [-0.39, 0.29) is 19.1 Å². The van der Waals surface area contributed by atoms with Gasteiger partial charge in [-0.2, -0.15) is 8.78 Å². The van der Waals surface area contributed by atoms with Crippen molar-refractivity contribution in [1.82, 2.24) is 10.2 Å². The van der Waals surface area contributed by atoms with Crippen LogP contribution in [0.2, 0.25) is 5.02 Å². The molecule has 2 aliphatic heterocycles. The maximum absolute atomic E-state index is 15.1. The van der Waals surface area contributed by atoms with Crippen LogP contribution in [0.5, 0.6) is 5.75 Å². The Bertz CT molecular complexity index is 1330. The summed E-state index contributed by atoms with van der Waals surface area (Å²) < 4.78 is 41.7. The third kappa shape index (κ3) is 7.74. The molecule has 0 saturated carbocycles. The van der Waals surface area contributed by atoms with Crippen molar-refractivity contribution in [2.24, 2.45) is 0 Å². The first kappa shape index (κ1) is 29.7. The highest BCUT2D eigenvalue weighted by atomic mass is 35.5. The molecule has 9 heteroatoms. The second-order valence-electron chi connectivity index (χ2n) is 11.0. The van der Waals surface area contributed by atoms with Crippen molar-refractivity contribution in [3.63, 3.8) is 0 Å². The van der Waals surface area contributed by atoms with Gasteiger partial charge in [0.15, 0.2) is 0 Å². The van der Waals surface area contributed by atoms with Crippen molar-refractivity contribution >= 4 is 28.3 Å². The normalized spacial score (nSPS) is 18.3. The van der Waals surface area contributed by atoms with Gasteiger partial charge >= 0.3 is 5.92 Å². The first-order chi connectivity index (χ1) is 19.8. The summed E-state index contributed by atoms with van der Waals surface area (Å²) in [7, 11) is 0. The number of halogens is 3. The van der Waals surface area contributed by atoms with Gasteiger partial charge in [-0.1, -0.05) is 60.1 Å². The lowest BCUT2D eigenvalue weighted by Gasteiger charge is -2.30. The van der Waals surface area contributed by atoms with Gasteiger partial charge in [-0.15, -0.1) is 0 Å². The van der Waals surface area contributed by atoms with E-state index >= 15 is 8.78 Å². The predicted molar refractivity (Wildman–Crippen MR) is 156 cm³/mol. The van der Waals surface area contributed by atoms with Crippen molar-refractivity contribution in [2.45, 2.75) is 62.7 Å². The Morgan fingerprint density at radius 3 is 2.54 bits per heavy atom. The third-order valence-corrected chi connectivity index (χ3v) is 8.28. The summed E-state index contributed by atoms with van der Waals surface area (Å²) in [4.78, 5) is 15.0. The number of aliphatic hydroxyl groups is 1.